The lowest BCUT2D eigenvalue weighted by atomic mass is 9.97. The van der Waals surface area contributed by atoms with Gasteiger partial charge in [-0.3, -0.25) is 9.78 Å². The molecule has 1 N–H and O–H groups in total. The van der Waals surface area contributed by atoms with Crippen molar-refractivity contribution in [2.75, 3.05) is 13.1 Å². The predicted octanol–water partition coefficient (Wildman–Crippen LogP) is 2.67. The van der Waals surface area contributed by atoms with Gasteiger partial charge < -0.3 is 10.2 Å². The minimum absolute atomic E-state index is 0.0697. The Balaban J connectivity index is 1.34. The zero-order valence-electron chi connectivity index (χ0n) is 16.1. The van der Waals surface area contributed by atoms with Gasteiger partial charge in [-0.2, -0.15) is 5.10 Å². The van der Waals surface area contributed by atoms with Gasteiger partial charge in [-0.15, -0.1) is 0 Å². The quantitative estimate of drug-likeness (QED) is 0.883. The summed E-state index contributed by atoms with van der Waals surface area (Å²) in [6.45, 7) is 2.07. The fourth-order valence-corrected chi connectivity index (χ4v) is 4.16. The number of likely N-dealkylation sites (tertiary alicyclic amines) is 1. The van der Waals surface area contributed by atoms with Crippen LogP contribution in [0.5, 0.6) is 0 Å². The van der Waals surface area contributed by atoms with Crippen LogP contribution in [0.2, 0.25) is 0 Å². The molecule has 1 saturated heterocycles. The molecule has 1 aliphatic carbocycles. The molecule has 2 aromatic heterocycles. The third kappa shape index (κ3) is 4.40. The summed E-state index contributed by atoms with van der Waals surface area (Å²) in [5.41, 5.74) is 1.64. The molecule has 0 radical (unpaired) electrons. The van der Waals surface area contributed by atoms with Gasteiger partial charge in [0.1, 0.15) is 0 Å². The number of urea groups is 1. The van der Waals surface area contributed by atoms with Gasteiger partial charge >= 0.3 is 6.03 Å². The Morgan fingerprint density at radius 1 is 1.04 bits per heavy atom. The molecule has 4 rings (SSSR count). The lowest BCUT2D eigenvalue weighted by Crippen LogP contribution is -2.47. The first-order chi connectivity index (χ1) is 13.7. The molecular weight excluding hydrogens is 354 g/mol. The van der Waals surface area contributed by atoms with Crippen LogP contribution < -0.4 is 10.9 Å². The van der Waals surface area contributed by atoms with Crippen LogP contribution in [0.25, 0.3) is 11.3 Å². The van der Waals surface area contributed by atoms with E-state index in [1.165, 1.54) is 12.8 Å². The van der Waals surface area contributed by atoms with E-state index in [1.54, 1.807) is 29.2 Å². The lowest BCUT2D eigenvalue weighted by molar-refractivity contribution is 0.160. The standard InChI is InChI=1S/C21H27N5O2/c27-20-6-5-19(17-7-11-22-12-8-17)24-26(20)15-16-9-13-25(14-10-16)21(28)23-18-3-1-2-4-18/h5-8,11-12,16,18H,1-4,9-10,13-15H2,(H,23,28). The molecular formula is C21H27N5O2. The van der Waals surface area contributed by atoms with E-state index in [-0.39, 0.29) is 11.6 Å². The van der Waals surface area contributed by atoms with Crippen LogP contribution in [0, 0.1) is 5.92 Å². The number of piperidine rings is 1. The fourth-order valence-electron chi connectivity index (χ4n) is 4.16. The van der Waals surface area contributed by atoms with Crippen LogP contribution in [0.15, 0.2) is 41.5 Å². The molecule has 2 aromatic rings. The predicted molar refractivity (Wildman–Crippen MR) is 107 cm³/mol. The number of hydrogen-bond donors (Lipinski definition) is 1. The Kier molecular flexibility index (Phi) is 5.69. The van der Waals surface area contributed by atoms with Crippen molar-refractivity contribution in [1.29, 1.82) is 0 Å². The smallest absolute Gasteiger partial charge is 0.317 e. The molecule has 0 aromatic carbocycles. The maximum Gasteiger partial charge on any atom is 0.317 e. The van der Waals surface area contributed by atoms with Gasteiger partial charge in [-0.05, 0) is 49.8 Å². The molecule has 7 nitrogen and oxygen atoms in total. The third-order valence-electron chi connectivity index (χ3n) is 5.86. The number of rotatable bonds is 4. The summed E-state index contributed by atoms with van der Waals surface area (Å²) < 4.78 is 1.56. The third-order valence-corrected chi connectivity index (χ3v) is 5.86. The molecule has 28 heavy (non-hydrogen) atoms. The van der Waals surface area contributed by atoms with Gasteiger partial charge in [0.2, 0.25) is 0 Å². The molecule has 148 valence electrons. The Morgan fingerprint density at radius 2 is 1.75 bits per heavy atom. The van der Waals surface area contributed by atoms with Crippen molar-refractivity contribution < 1.29 is 4.79 Å². The SMILES string of the molecule is O=C(NC1CCCC1)N1CCC(Cn2nc(-c3ccncc3)ccc2=O)CC1. The van der Waals surface area contributed by atoms with Crippen LogP contribution in [0.1, 0.15) is 38.5 Å². The monoisotopic (exact) mass is 381 g/mol. The van der Waals surface area contributed by atoms with E-state index in [2.05, 4.69) is 15.4 Å². The van der Waals surface area contributed by atoms with Crippen LogP contribution in [0.4, 0.5) is 4.79 Å². The highest BCUT2D eigenvalue weighted by Gasteiger charge is 2.26. The Hall–Kier alpha value is -2.70. The Morgan fingerprint density at radius 3 is 2.46 bits per heavy atom. The molecule has 0 spiro atoms. The number of aromatic nitrogens is 3. The maximum atomic E-state index is 12.4. The highest BCUT2D eigenvalue weighted by atomic mass is 16.2. The van der Waals surface area contributed by atoms with Crippen molar-refractivity contribution in [3.05, 3.63) is 47.0 Å². The van der Waals surface area contributed by atoms with Gasteiger partial charge in [0.25, 0.3) is 5.56 Å². The number of carbonyl (C=O) groups excluding carboxylic acids is 1. The van der Waals surface area contributed by atoms with Crippen molar-refractivity contribution in [1.82, 2.24) is 25.0 Å². The van der Waals surface area contributed by atoms with Gasteiger partial charge in [0.05, 0.1) is 5.69 Å². The first-order valence-corrected chi connectivity index (χ1v) is 10.2. The second-order valence-electron chi connectivity index (χ2n) is 7.84. The minimum atomic E-state index is -0.0841. The molecule has 1 saturated carbocycles. The molecule has 2 aliphatic rings. The first-order valence-electron chi connectivity index (χ1n) is 10.2. The van der Waals surface area contributed by atoms with E-state index in [0.717, 1.165) is 50.0 Å². The lowest BCUT2D eigenvalue weighted by Gasteiger charge is -2.32. The zero-order valence-corrected chi connectivity index (χ0v) is 16.1. The summed E-state index contributed by atoms with van der Waals surface area (Å²) in [6, 6.07) is 7.53. The van der Waals surface area contributed by atoms with Crippen LogP contribution >= 0.6 is 0 Å². The fraction of sp³-hybridized carbons (Fsp3) is 0.524. The minimum Gasteiger partial charge on any atom is -0.335 e. The van der Waals surface area contributed by atoms with Gasteiger partial charge in [0.15, 0.2) is 0 Å². The highest BCUT2D eigenvalue weighted by Crippen LogP contribution is 2.21. The number of amides is 2. The molecule has 3 heterocycles. The summed E-state index contributed by atoms with van der Waals surface area (Å²) >= 11 is 0. The van der Waals surface area contributed by atoms with Crippen molar-refractivity contribution in [2.24, 2.45) is 5.92 Å². The average Bonchev–Trinajstić information content (AvgIpc) is 3.24. The van der Waals surface area contributed by atoms with E-state index >= 15 is 0 Å². The summed E-state index contributed by atoms with van der Waals surface area (Å²) in [5, 5.41) is 7.70. The Labute approximate surface area is 164 Å². The van der Waals surface area contributed by atoms with Crippen molar-refractivity contribution >= 4 is 6.03 Å². The average molecular weight is 381 g/mol. The second-order valence-corrected chi connectivity index (χ2v) is 7.84. The van der Waals surface area contributed by atoms with Crippen LogP contribution in [-0.2, 0) is 6.54 Å². The number of nitrogens with one attached hydrogen (secondary N) is 1. The van der Waals surface area contributed by atoms with E-state index in [4.69, 9.17) is 0 Å². The van der Waals surface area contributed by atoms with Crippen molar-refractivity contribution in [3.63, 3.8) is 0 Å². The topological polar surface area (TPSA) is 80.1 Å². The van der Waals surface area contributed by atoms with Gasteiger partial charge in [-0.1, -0.05) is 12.8 Å². The summed E-state index contributed by atoms with van der Waals surface area (Å²) in [4.78, 5) is 30.6. The Bertz CT molecular complexity index is 853. The molecule has 2 amide bonds. The van der Waals surface area contributed by atoms with Gasteiger partial charge in [0, 0.05) is 49.7 Å². The van der Waals surface area contributed by atoms with E-state index in [0.29, 0.717) is 18.5 Å². The molecule has 1 aliphatic heterocycles. The summed E-state index contributed by atoms with van der Waals surface area (Å²) in [7, 11) is 0. The maximum absolute atomic E-state index is 12.4. The largest absolute Gasteiger partial charge is 0.335 e. The number of carbonyl (C=O) groups is 1. The zero-order chi connectivity index (χ0) is 19.3. The van der Waals surface area contributed by atoms with Crippen LogP contribution in [0.3, 0.4) is 0 Å². The first kappa shape index (κ1) is 18.7. The molecule has 0 unspecified atom stereocenters. The highest BCUT2D eigenvalue weighted by molar-refractivity contribution is 5.74. The molecule has 2 fully saturated rings. The van der Waals surface area contributed by atoms with Gasteiger partial charge in [-0.25, -0.2) is 9.48 Å². The number of hydrogen-bond acceptors (Lipinski definition) is 4. The van der Waals surface area contributed by atoms with Crippen molar-refractivity contribution in [3.8, 4) is 11.3 Å². The number of pyridine rings is 1. The van der Waals surface area contributed by atoms with Crippen molar-refractivity contribution in [2.45, 2.75) is 51.1 Å². The van der Waals surface area contributed by atoms with Crippen LogP contribution in [-0.4, -0.2) is 44.8 Å². The second kappa shape index (κ2) is 8.54. The van der Waals surface area contributed by atoms with E-state index < -0.39 is 0 Å². The number of nitrogens with zero attached hydrogens (tertiary/aromatic N) is 4. The molecule has 0 atom stereocenters. The summed E-state index contributed by atoms with van der Waals surface area (Å²) in [6.07, 6.45) is 9.87. The molecule has 7 heteroatoms. The summed E-state index contributed by atoms with van der Waals surface area (Å²) in [5.74, 6) is 0.355. The normalized spacial score (nSPS) is 18.4. The van der Waals surface area contributed by atoms with E-state index in [9.17, 15) is 9.59 Å². The van der Waals surface area contributed by atoms with E-state index in [1.807, 2.05) is 17.0 Å². The molecule has 0 bridgehead atoms.